The van der Waals surface area contributed by atoms with Crippen LogP contribution in [0.25, 0.3) is 0 Å². The topological polar surface area (TPSA) is 74.5 Å². The van der Waals surface area contributed by atoms with Crippen molar-refractivity contribution < 1.29 is 9.21 Å². The zero-order chi connectivity index (χ0) is 19.1. The lowest BCUT2D eigenvalue weighted by Crippen LogP contribution is -2.45. The van der Waals surface area contributed by atoms with E-state index in [0.717, 1.165) is 44.8 Å². The number of rotatable bonds is 8. The zero-order valence-corrected chi connectivity index (χ0v) is 16.2. The van der Waals surface area contributed by atoms with E-state index in [9.17, 15) is 4.79 Å². The first-order valence-corrected chi connectivity index (χ1v) is 9.67. The van der Waals surface area contributed by atoms with Crippen LogP contribution in [-0.2, 0) is 13.1 Å². The molecule has 27 heavy (non-hydrogen) atoms. The molecule has 0 spiro atoms. The number of hydrogen-bond acceptors (Lipinski definition) is 6. The fourth-order valence-electron chi connectivity index (χ4n) is 3.07. The predicted octanol–water partition coefficient (Wildman–Crippen LogP) is 2.16. The minimum Gasteiger partial charge on any atom is -0.447 e. The molecule has 0 atom stereocenters. The Morgan fingerprint density at radius 2 is 1.93 bits per heavy atom. The molecule has 7 heteroatoms. The van der Waals surface area contributed by atoms with Gasteiger partial charge in [-0.2, -0.15) is 0 Å². The van der Waals surface area contributed by atoms with Crippen molar-refractivity contribution in [3.63, 3.8) is 0 Å². The van der Waals surface area contributed by atoms with Crippen molar-refractivity contribution in [1.29, 1.82) is 0 Å². The van der Waals surface area contributed by atoms with E-state index in [0.29, 0.717) is 30.6 Å². The fourth-order valence-corrected chi connectivity index (χ4v) is 3.07. The quantitative estimate of drug-likeness (QED) is 0.767. The largest absolute Gasteiger partial charge is 0.447 e. The van der Waals surface area contributed by atoms with Gasteiger partial charge in [-0.15, -0.1) is 0 Å². The lowest BCUT2D eigenvalue weighted by molar-refractivity contribution is 0.0946. The molecule has 3 heterocycles. The molecular weight excluding hydrogens is 342 g/mol. The van der Waals surface area contributed by atoms with Gasteiger partial charge in [-0.25, -0.2) is 4.98 Å². The van der Waals surface area contributed by atoms with Gasteiger partial charge < -0.3 is 9.73 Å². The Kier molecular flexibility index (Phi) is 6.95. The minimum atomic E-state index is -0.161. The summed E-state index contributed by atoms with van der Waals surface area (Å²) in [5.41, 5.74) is 1.47. The summed E-state index contributed by atoms with van der Waals surface area (Å²) in [6.07, 6.45) is 4.25. The van der Waals surface area contributed by atoms with E-state index in [1.807, 2.05) is 18.3 Å². The van der Waals surface area contributed by atoms with Gasteiger partial charge >= 0.3 is 0 Å². The molecule has 2 aromatic rings. The summed E-state index contributed by atoms with van der Waals surface area (Å²) in [5.74, 6) is 1.00. The second-order valence-corrected chi connectivity index (χ2v) is 7.44. The van der Waals surface area contributed by atoms with Gasteiger partial charge in [0.15, 0.2) is 5.69 Å². The lowest BCUT2D eigenvalue weighted by atomic mass is 10.1. The summed E-state index contributed by atoms with van der Waals surface area (Å²) in [6, 6.07) is 6.03. The van der Waals surface area contributed by atoms with Crippen LogP contribution in [0.5, 0.6) is 0 Å². The summed E-state index contributed by atoms with van der Waals surface area (Å²) < 4.78 is 5.50. The van der Waals surface area contributed by atoms with Crippen molar-refractivity contribution in [3.8, 4) is 0 Å². The molecule has 0 bridgehead atoms. The molecule has 1 N–H and O–H groups in total. The summed E-state index contributed by atoms with van der Waals surface area (Å²) in [7, 11) is 0. The predicted molar refractivity (Wildman–Crippen MR) is 103 cm³/mol. The molecule has 1 amide bonds. The minimum absolute atomic E-state index is 0.161. The molecule has 1 aliphatic rings. The third-order valence-corrected chi connectivity index (χ3v) is 4.73. The van der Waals surface area contributed by atoms with E-state index in [-0.39, 0.29) is 5.91 Å². The molecule has 0 unspecified atom stereocenters. The van der Waals surface area contributed by atoms with Crippen LogP contribution >= 0.6 is 0 Å². The number of pyridine rings is 1. The molecule has 3 rings (SSSR count). The zero-order valence-electron chi connectivity index (χ0n) is 16.2. The second kappa shape index (κ2) is 9.62. The Morgan fingerprint density at radius 1 is 1.19 bits per heavy atom. The third kappa shape index (κ3) is 6.15. The average molecular weight is 371 g/mol. The van der Waals surface area contributed by atoms with Crippen LogP contribution in [-0.4, -0.2) is 58.4 Å². The SMILES string of the molecule is CC(C)CCNC(=O)c1coc(CN2CCN(Cc3ccccn3)CC2)n1. The molecule has 7 nitrogen and oxygen atoms in total. The van der Waals surface area contributed by atoms with E-state index < -0.39 is 0 Å². The smallest absolute Gasteiger partial charge is 0.273 e. The van der Waals surface area contributed by atoms with Crippen LogP contribution in [0.1, 0.15) is 42.3 Å². The molecule has 0 saturated carbocycles. The van der Waals surface area contributed by atoms with Crippen molar-refractivity contribution in [3.05, 3.63) is 47.9 Å². The summed E-state index contributed by atoms with van der Waals surface area (Å²) in [4.78, 5) is 25.5. The molecule has 146 valence electrons. The Labute approximate surface area is 160 Å². The highest BCUT2D eigenvalue weighted by atomic mass is 16.3. The van der Waals surface area contributed by atoms with Gasteiger partial charge in [0.25, 0.3) is 5.91 Å². The van der Waals surface area contributed by atoms with Gasteiger partial charge in [0.2, 0.25) is 5.89 Å². The monoisotopic (exact) mass is 371 g/mol. The first-order chi connectivity index (χ1) is 13.1. The van der Waals surface area contributed by atoms with Crippen molar-refractivity contribution in [2.24, 2.45) is 5.92 Å². The van der Waals surface area contributed by atoms with Gasteiger partial charge in [0, 0.05) is 45.5 Å². The summed E-state index contributed by atoms with van der Waals surface area (Å²) >= 11 is 0. The Morgan fingerprint density at radius 3 is 2.59 bits per heavy atom. The van der Waals surface area contributed by atoms with Gasteiger partial charge in [-0.05, 0) is 24.5 Å². The summed E-state index contributed by atoms with van der Waals surface area (Å²) in [6.45, 7) is 10.3. The standard InChI is InChI=1S/C20H29N5O2/c1-16(2)6-8-22-20(26)18-15-27-19(23-18)14-25-11-9-24(10-12-25)13-17-5-3-4-7-21-17/h3-5,7,15-16H,6,8-14H2,1-2H3,(H,22,26). The summed E-state index contributed by atoms with van der Waals surface area (Å²) in [5, 5.41) is 2.89. The van der Waals surface area contributed by atoms with Crippen LogP contribution in [0.4, 0.5) is 0 Å². The molecule has 1 aliphatic heterocycles. The highest BCUT2D eigenvalue weighted by Gasteiger charge is 2.20. The van der Waals surface area contributed by atoms with Crippen LogP contribution in [0.3, 0.4) is 0 Å². The van der Waals surface area contributed by atoms with Crippen molar-refractivity contribution in [1.82, 2.24) is 25.1 Å². The normalized spacial score (nSPS) is 16.0. The number of hydrogen-bond donors (Lipinski definition) is 1. The molecule has 1 saturated heterocycles. The van der Waals surface area contributed by atoms with Crippen molar-refractivity contribution in [2.75, 3.05) is 32.7 Å². The molecule has 0 aliphatic carbocycles. The Bertz CT molecular complexity index is 708. The van der Waals surface area contributed by atoms with E-state index in [1.165, 1.54) is 6.26 Å². The van der Waals surface area contributed by atoms with E-state index >= 15 is 0 Å². The Hall–Kier alpha value is -2.25. The van der Waals surface area contributed by atoms with E-state index in [4.69, 9.17) is 4.42 Å². The first-order valence-electron chi connectivity index (χ1n) is 9.67. The fraction of sp³-hybridized carbons (Fsp3) is 0.550. The second-order valence-electron chi connectivity index (χ2n) is 7.44. The number of piperazine rings is 1. The third-order valence-electron chi connectivity index (χ3n) is 4.73. The number of nitrogens with one attached hydrogen (secondary N) is 1. The molecule has 2 aromatic heterocycles. The molecule has 1 fully saturated rings. The van der Waals surface area contributed by atoms with Crippen LogP contribution < -0.4 is 5.32 Å². The maximum absolute atomic E-state index is 12.1. The first kappa shape index (κ1) is 19.5. The average Bonchev–Trinajstić information content (AvgIpc) is 3.12. The maximum atomic E-state index is 12.1. The van der Waals surface area contributed by atoms with Crippen molar-refractivity contribution in [2.45, 2.75) is 33.4 Å². The van der Waals surface area contributed by atoms with Crippen LogP contribution in [0.2, 0.25) is 0 Å². The van der Waals surface area contributed by atoms with E-state index in [1.54, 1.807) is 0 Å². The van der Waals surface area contributed by atoms with Crippen LogP contribution in [0.15, 0.2) is 35.1 Å². The van der Waals surface area contributed by atoms with Crippen LogP contribution in [0, 0.1) is 5.92 Å². The number of carbonyl (C=O) groups excluding carboxylic acids is 1. The highest BCUT2D eigenvalue weighted by Crippen LogP contribution is 2.11. The molecule has 0 radical (unpaired) electrons. The van der Waals surface area contributed by atoms with Gasteiger partial charge in [0.1, 0.15) is 6.26 Å². The Balaban J connectivity index is 1.41. The number of nitrogens with zero attached hydrogens (tertiary/aromatic N) is 4. The number of amides is 1. The van der Waals surface area contributed by atoms with E-state index in [2.05, 4.69) is 45.0 Å². The van der Waals surface area contributed by atoms with Gasteiger partial charge in [0.05, 0.1) is 12.2 Å². The number of carbonyl (C=O) groups is 1. The maximum Gasteiger partial charge on any atom is 0.273 e. The number of aromatic nitrogens is 2. The molecule has 0 aromatic carbocycles. The lowest BCUT2D eigenvalue weighted by Gasteiger charge is -2.33. The van der Waals surface area contributed by atoms with Gasteiger partial charge in [-0.3, -0.25) is 19.6 Å². The van der Waals surface area contributed by atoms with Gasteiger partial charge in [-0.1, -0.05) is 19.9 Å². The molecular formula is C20H29N5O2. The van der Waals surface area contributed by atoms with Crippen molar-refractivity contribution >= 4 is 5.91 Å². The number of oxazole rings is 1. The highest BCUT2D eigenvalue weighted by molar-refractivity contribution is 5.91.